The van der Waals surface area contributed by atoms with Crippen molar-refractivity contribution in [2.75, 3.05) is 4.90 Å². The van der Waals surface area contributed by atoms with Crippen LogP contribution in [0.5, 0.6) is 0 Å². The Labute approximate surface area is 349 Å². The number of rotatable bonds is 6. The molecule has 0 unspecified atom stereocenters. The van der Waals surface area contributed by atoms with Crippen molar-refractivity contribution in [2.24, 2.45) is 0 Å². The van der Waals surface area contributed by atoms with Gasteiger partial charge in [-0.2, -0.15) is 0 Å². The third-order valence-corrected chi connectivity index (χ3v) is 12.8. The van der Waals surface area contributed by atoms with Gasteiger partial charge in [0, 0.05) is 49.7 Å². The predicted octanol–water partition coefficient (Wildman–Crippen LogP) is 15.8. The maximum absolute atomic E-state index is 6.31. The molecule has 12 rings (SSSR count). The van der Waals surface area contributed by atoms with Gasteiger partial charge in [0.2, 0.25) is 0 Å². The van der Waals surface area contributed by atoms with E-state index in [1.165, 1.54) is 71.7 Å². The van der Waals surface area contributed by atoms with Crippen molar-refractivity contribution in [1.82, 2.24) is 4.57 Å². The van der Waals surface area contributed by atoms with Crippen molar-refractivity contribution in [3.05, 3.63) is 217 Å². The Hall–Kier alpha value is -7.62. The number of para-hydroxylation sites is 2. The van der Waals surface area contributed by atoms with Gasteiger partial charge in [0.1, 0.15) is 11.2 Å². The van der Waals surface area contributed by atoms with Gasteiger partial charge in [-0.05, 0) is 117 Å². The first-order valence-corrected chi connectivity index (χ1v) is 20.8. The minimum atomic E-state index is -0.0973. The first-order valence-electron chi connectivity index (χ1n) is 20.8. The number of nitrogens with zero attached hydrogens (tertiary/aromatic N) is 2. The van der Waals surface area contributed by atoms with Crippen LogP contribution in [0.4, 0.5) is 17.1 Å². The summed E-state index contributed by atoms with van der Waals surface area (Å²) >= 11 is 0. The lowest BCUT2D eigenvalue weighted by atomic mass is 9.82. The molecular weight excluding hydrogens is 729 g/mol. The molecule has 0 atom stereocenters. The van der Waals surface area contributed by atoms with Crippen LogP contribution in [0, 0.1) is 0 Å². The molecule has 1 aliphatic carbocycles. The number of furan rings is 1. The minimum Gasteiger partial charge on any atom is -0.456 e. The van der Waals surface area contributed by atoms with E-state index in [-0.39, 0.29) is 5.41 Å². The zero-order chi connectivity index (χ0) is 40.0. The van der Waals surface area contributed by atoms with Gasteiger partial charge in [0.05, 0.1) is 11.0 Å². The number of hydrogen-bond acceptors (Lipinski definition) is 2. The van der Waals surface area contributed by atoms with Crippen molar-refractivity contribution < 1.29 is 4.42 Å². The fraction of sp³-hybridized carbons (Fsp3) is 0.0526. The van der Waals surface area contributed by atoms with Crippen LogP contribution < -0.4 is 4.90 Å². The molecule has 0 saturated carbocycles. The maximum Gasteiger partial charge on any atom is 0.136 e. The van der Waals surface area contributed by atoms with Gasteiger partial charge in [-0.1, -0.05) is 147 Å². The Morgan fingerprint density at radius 1 is 0.400 bits per heavy atom. The number of benzene rings is 9. The summed E-state index contributed by atoms with van der Waals surface area (Å²) in [5, 5.41) is 4.77. The summed E-state index contributed by atoms with van der Waals surface area (Å²) in [7, 11) is 0. The summed E-state index contributed by atoms with van der Waals surface area (Å²) in [6.07, 6.45) is 0. The molecule has 3 nitrogen and oxygen atoms in total. The van der Waals surface area contributed by atoms with E-state index in [1.54, 1.807) is 0 Å². The lowest BCUT2D eigenvalue weighted by Gasteiger charge is -2.28. The zero-order valence-corrected chi connectivity index (χ0v) is 33.4. The summed E-state index contributed by atoms with van der Waals surface area (Å²) in [5.41, 5.74) is 18.7. The first kappa shape index (κ1) is 34.4. The molecule has 0 saturated heterocycles. The fourth-order valence-electron chi connectivity index (χ4n) is 9.87. The first-order chi connectivity index (χ1) is 29.5. The van der Waals surface area contributed by atoms with Gasteiger partial charge in [0.15, 0.2) is 0 Å². The molecule has 3 heteroatoms. The van der Waals surface area contributed by atoms with Crippen molar-refractivity contribution in [3.8, 4) is 39.1 Å². The number of fused-ring (bicyclic) bond motifs is 10. The second kappa shape index (κ2) is 13.2. The third kappa shape index (κ3) is 5.22. The Balaban J connectivity index is 0.925. The highest BCUT2D eigenvalue weighted by Gasteiger charge is 2.35. The smallest absolute Gasteiger partial charge is 0.136 e. The topological polar surface area (TPSA) is 21.3 Å². The van der Waals surface area contributed by atoms with Gasteiger partial charge < -0.3 is 13.9 Å². The van der Waals surface area contributed by atoms with Crippen LogP contribution in [-0.4, -0.2) is 4.57 Å². The average Bonchev–Trinajstić information content (AvgIpc) is 3.93. The van der Waals surface area contributed by atoms with Crippen molar-refractivity contribution in [1.29, 1.82) is 0 Å². The zero-order valence-electron chi connectivity index (χ0n) is 33.4. The quantitative estimate of drug-likeness (QED) is 0.168. The summed E-state index contributed by atoms with van der Waals surface area (Å²) in [6.45, 7) is 4.70. The normalized spacial score (nSPS) is 13.0. The molecule has 0 amide bonds. The van der Waals surface area contributed by atoms with E-state index < -0.39 is 0 Å². The predicted molar refractivity (Wildman–Crippen MR) is 251 cm³/mol. The summed E-state index contributed by atoms with van der Waals surface area (Å²) in [6, 6.07) is 74.8. The molecule has 0 spiro atoms. The molecule has 2 heterocycles. The monoisotopic (exact) mass is 768 g/mol. The summed E-state index contributed by atoms with van der Waals surface area (Å²) in [5.74, 6) is 0. The Morgan fingerprint density at radius 2 is 0.967 bits per heavy atom. The van der Waals surface area contributed by atoms with Crippen LogP contribution in [0.25, 0.3) is 82.8 Å². The molecule has 60 heavy (non-hydrogen) atoms. The van der Waals surface area contributed by atoms with Crippen LogP contribution in [0.1, 0.15) is 25.0 Å². The Kier molecular flexibility index (Phi) is 7.58. The second-order valence-electron chi connectivity index (χ2n) is 16.5. The SMILES string of the molecule is CC1(C)c2ccccc2-c2ccc(N(c3ccc(-c4ccccc4)cc3)c3ccc(-c4ccc(-n5c6ccccc6c6c7c(ccc65)oc5ccccc57)cc4)cc3)cc21. The number of anilines is 3. The highest BCUT2D eigenvalue weighted by molar-refractivity contribution is 6.27. The molecule has 284 valence electrons. The van der Waals surface area contributed by atoms with E-state index in [2.05, 4.69) is 224 Å². The fourth-order valence-corrected chi connectivity index (χ4v) is 9.87. The van der Waals surface area contributed by atoms with E-state index in [0.29, 0.717) is 0 Å². The molecular formula is C57H40N2O. The van der Waals surface area contributed by atoms with E-state index in [9.17, 15) is 0 Å². The van der Waals surface area contributed by atoms with Gasteiger partial charge in [-0.15, -0.1) is 0 Å². The van der Waals surface area contributed by atoms with Gasteiger partial charge in [-0.3, -0.25) is 0 Å². The van der Waals surface area contributed by atoms with Crippen LogP contribution in [-0.2, 0) is 5.41 Å². The second-order valence-corrected chi connectivity index (χ2v) is 16.5. The molecule has 9 aromatic carbocycles. The minimum absolute atomic E-state index is 0.0973. The van der Waals surface area contributed by atoms with E-state index in [1.807, 2.05) is 6.07 Å². The Bertz CT molecular complexity index is 3420. The molecule has 0 bridgehead atoms. The summed E-state index contributed by atoms with van der Waals surface area (Å²) < 4.78 is 8.69. The van der Waals surface area contributed by atoms with E-state index in [0.717, 1.165) is 39.3 Å². The molecule has 2 aromatic heterocycles. The number of hydrogen-bond donors (Lipinski definition) is 0. The summed E-state index contributed by atoms with van der Waals surface area (Å²) in [4.78, 5) is 2.39. The van der Waals surface area contributed by atoms with Crippen LogP contribution in [0.2, 0.25) is 0 Å². The van der Waals surface area contributed by atoms with Crippen molar-refractivity contribution >= 4 is 60.8 Å². The highest BCUT2D eigenvalue weighted by atomic mass is 16.3. The number of aromatic nitrogens is 1. The van der Waals surface area contributed by atoms with E-state index in [4.69, 9.17) is 4.42 Å². The molecule has 0 aliphatic heterocycles. The molecule has 0 fully saturated rings. The molecule has 0 N–H and O–H groups in total. The maximum atomic E-state index is 6.31. The van der Waals surface area contributed by atoms with Crippen molar-refractivity contribution in [2.45, 2.75) is 19.3 Å². The standard InChI is InChI=1S/C57H40N2O/c1-57(2)49-17-9-6-14-45(49)46-33-32-44(36-50(46)57)58(41-26-20-38(21-27-41)37-12-4-3-5-13-37)42-28-22-39(23-29-42)40-24-30-43(31-25-40)59-51-18-10-7-15-47(51)55-52(59)34-35-54-56(55)48-16-8-11-19-53(48)60-54/h3-36H,1-2H3. The Morgan fingerprint density at radius 3 is 1.70 bits per heavy atom. The highest BCUT2D eigenvalue weighted by Crippen LogP contribution is 2.51. The van der Waals surface area contributed by atoms with Crippen LogP contribution >= 0.6 is 0 Å². The van der Waals surface area contributed by atoms with Crippen LogP contribution in [0.15, 0.2) is 211 Å². The lowest BCUT2D eigenvalue weighted by Crippen LogP contribution is -2.16. The van der Waals surface area contributed by atoms with Crippen LogP contribution in [0.3, 0.4) is 0 Å². The largest absolute Gasteiger partial charge is 0.456 e. The lowest BCUT2D eigenvalue weighted by molar-refractivity contribution is 0.660. The van der Waals surface area contributed by atoms with Crippen molar-refractivity contribution in [3.63, 3.8) is 0 Å². The third-order valence-electron chi connectivity index (χ3n) is 12.8. The van der Waals surface area contributed by atoms with Gasteiger partial charge in [0.25, 0.3) is 0 Å². The van der Waals surface area contributed by atoms with Gasteiger partial charge >= 0.3 is 0 Å². The van der Waals surface area contributed by atoms with E-state index >= 15 is 0 Å². The molecule has 1 aliphatic rings. The van der Waals surface area contributed by atoms with Gasteiger partial charge in [-0.25, -0.2) is 0 Å². The molecule has 0 radical (unpaired) electrons. The molecule has 11 aromatic rings. The average molecular weight is 769 g/mol.